The fourth-order valence-corrected chi connectivity index (χ4v) is 7.83. The van der Waals surface area contributed by atoms with E-state index in [-0.39, 0.29) is 0 Å². The molecule has 6 aromatic heterocycles. The van der Waals surface area contributed by atoms with Crippen LogP contribution >= 0.6 is 0 Å². The van der Waals surface area contributed by atoms with Crippen LogP contribution in [0.4, 0.5) is 0 Å². The van der Waals surface area contributed by atoms with Gasteiger partial charge in [0.15, 0.2) is 0 Å². The van der Waals surface area contributed by atoms with Crippen molar-refractivity contribution in [2.75, 3.05) is 0 Å². The summed E-state index contributed by atoms with van der Waals surface area (Å²) in [7, 11) is 0. The largest absolute Gasteiger partial charge is 0.294 e. The quantitative estimate of drug-likeness (QED) is 0.174. The number of benzene rings is 5. The maximum atomic E-state index is 5.02. The maximum Gasteiger partial charge on any atom is 0.137 e. The number of para-hydroxylation sites is 1. The van der Waals surface area contributed by atoms with Gasteiger partial charge in [-0.1, -0.05) is 78.9 Å². The SMILES string of the molecule is c1ccc2nc(-c3ccc(-n4c5ccc(-c6ccc(-c7cc8cccnc8c8ncccc78)cn6)cc5c5c6ccccc6ccc54)nc3)ccc2c1. The fraction of sp³-hybridized carbons (Fsp3) is 0. The normalized spacial score (nSPS) is 11.8. The molecule has 11 rings (SSSR count). The lowest BCUT2D eigenvalue weighted by Gasteiger charge is -2.10. The molecule has 6 nitrogen and oxygen atoms in total. The molecule has 0 aliphatic rings. The van der Waals surface area contributed by atoms with Crippen molar-refractivity contribution < 1.29 is 0 Å². The van der Waals surface area contributed by atoms with Crippen molar-refractivity contribution in [3.8, 4) is 39.5 Å². The molecule has 0 unspecified atom stereocenters. The van der Waals surface area contributed by atoms with Crippen LogP contribution in [0.25, 0.3) is 105 Å². The second-order valence-corrected chi connectivity index (χ2v) is 13.4. The molecular formula is C47H28N6. The first-order valence-corrected chi connectivity index (χ1v) is 17.6. The molecule has 0 saturated heterocycles. The first-order chi connectivity index (χ1) is 26.3. The predicted molar refractivity (Wildman–Crippen MR) is 216 cm³/mol. The molecule has 246 valence electrons. The molecule has 0 atom stereocenters. The minimum Gasteiger partial charge on any atom is -0.294 e. The molecule has 6 heteroatoms. The topological polar surface area (TPSA) is 69.4 Å². The van der Waals surface area contributed by atoms with E-state index in [1.165, 1.54) is 16.2 Å². The van der Waals surface area contributed by atoms with E-state index in [1.807, 2.05) is 55.1 Å². The number of hydrogen-bond donors (Lipinski definition) is 0. The Morgan fingerprint density at radius 3 is 2.02 bits per heavy atom. The van der Waals surface area contributed by atoms with E-state index in [4.69, 9.17) is 19.9 Å². The lowest BCUT2D eigenvalue weighted by atomic mass is 9.98. The molecule has 0 spiro atoms. The third-order valence-corrected chi connectivity index (χ3v) is 10.4. The van der Waals surface area contributed by atoms with Gasteiger partial charge in [0.2, 0.25) is 0 Å². The number of fused-ring (bicyclic) bond motifs is 9. The highest BCUT2D eigenvalue weighted by Crippen LogP contribution is 2.39. The van der Waals surface area contributed by atoms with E-state index in [0.29, 0.717) is 0 Å². The van der Waals surface area contributed by atoms with E-state index in [1.54, 1.807) is 0 Å². The van der Waals surface area contributed by atoms with Crippen molar-refractivity contribution in [2.45, 2.75) is 0 Å². The molecule has 0 bridgehead atoms. The average molecular weight is 677 g/mol. The van der Waals surface area contributed by atoms with Crippen molar-refractivity contribution in [3.63, 3.8) is 0 Å². The van der Waals surface area contributed by atoms with Crippen LogP contribution in [0.2, 0.25) is 0 Å². The van der Waals surface area contributed by atoms with Crippen molar-refractivity contribution in [1.29, 1.82) is 0 Å². The van der Waals surface area contributed by atoms with E-state index in [0.717, 1.165) is 88.6 Å². The van der Waals surface area contributed by atoms with E-state index in [2.05, 4.69) is 125 Å². The molecule has 0 amide bonds. The number of hydrogen-bond acceptors (Lipinski definition) is 5. The first kappa shape index (κ1) is 29.4. The molecule has 0 N–H and O–H groups in total. The Morgan fingerprint density at radius 1 is 0.415 bits per heavy atom. The van der Waals surface area contributed by atoms with Gasteiger partial charge in [-0.15, -0.1) is 0 Å². The summed E-state index contributed by atoms with van der Waals surface area (Å²) in [5, 5.41) is 8.00. The van der Waals surface area contributed by atoms with E-state index < -0.39 is 0 Å². The van der Waals surface area contributed by atoms with Gasteiger partial charge >= 0.3 is 0 Å². The summed E-state index contributed by atoms with van der Waals surface area (Å²) >= 11 is 0. The monoisotopic (exact) mass is 676 g/mol. The Kier molecular flexibility index (Phi) is 6.45. The second kappa shape index (κ2) is 11.6. The zero-order valence-corrected chi connectivity index (χ0v) is 28.3. The predicted octanol–water partition coefficient (Wildman–Crippen LogP) is 11.4. The van der Waals surface area contributed by atoms with E-state index in [9.17, 15) is 0 Å². The van der Waals surface area contributed by atoms with Crippen LogP contribution in [0.5, 0.6) is 0 Å². The van der Waals surface area contributed by atoms with Crippen LogP contribution in [0.3, 0.4) is 0 Å². The summed E-state index contributed by atoms with van der Waals surface area (Å²) in [6, 6.07) is 50.8. The molecular weight excluding hydrogens is 649 g/mol. The highest BCUT2D eigenvalue weighted by molar-refractivity contribution is 6.21. The van der Waals surface area contributed by atoms with Crippen LogP contribution in [0.15, 0.2) is 170 Å². The lowest BCUT2D eigenvalue weighted by Crippen LogP contribution is -1.97. The third-order valence-electron chi connectivity index (χ3n) is 10.4. The van der Waals surface area contributed by atoms with Gasteiger partial charge in [0.05, 0.1) is 39.0 Å². The zero-order chi connectivity index (χ0) is 34.9. The van der Waals surface area contributed by atoms with Crippen LogP contribution in [0, 0.1) is 0 Å². The molecule has 0 radical (unpaired) electrons. The second-order valence-electron chi connectivity index (χ2n) is 13.4. The van der Waals surface area contributed by atoms with E-state index >= 15 is 0 Å². The van der Waals surface area contributed by atoms with Crippen LogP contribution in [0.1, 0.15) is 0 Å². The van der Waals surface area contributed by atoms with Gasteiger partial charge in [-0.05, 0) is 83.1 Å². The summed E-state index contributed by atoms with van der Waals surface area (Å²) < 4.78 is 2.27. The van der Waals surface area contributed by atoms with Gasteiger partial charge in [0.25, 0.3) is 0 Å². The molecule has 0 aliphatic heterocycles. The molecule has 53 heavy (non-hydrogen) atoms. The fourth-order valence-electron chi connectivity index (χ4n) is 7.83. The average Bonchev–Trinajstić information content (AvgIpc) is 3.57. The Morgan fingerprint density at radius 2 is 1.13 bits per heavy atom. The van der Waals surface area contributed by atoms with Gasteiger partial charge in [-0.25, -0.2) is 9.97 Å². The van der Waals surface area contributed by atoms with Crippen LogP contribution in [-0.2, 0) is 0 Å². The summed E-state index contributed by atoms with van der Waals surface area (Å²) in [5.41, 5.74) is 10.9. The first-order valence-electron chi connectivity index (χ1n) is 17.6. The number of aromatic nitrogens is 6. The summed E-state index contributed by atoms with van der Waals surface area (Å²) in [6.45, 7) is 0. The molecule has 0 aliphatic carbocycles. The van der Waals surface area contributed by atoms with Gasteiger partial charge in [-0.3, -0.25) is 19.5 Å². The Hall–Kier alpha value is -7.31. The Bertz CT molecular complexity index is 3220. The number of pyridine rings is 5. The Labute approximate surface area is 303 Å². The van der Waals surface area contributed by atoms with Gasteiger partial charge in [0, 0.05) is 68.4 Å². The minimum atomic E-state index is 0.854. The zero-order valence-electron chi connectivity index (χ0n) is 28.3. The van der Waals surface area contributed by atoms with Crippen molar-refractivity contribution in [2.24, 2.45) is 0 Å². The molecule has 11 aromatic rings. The highest BCUT2D eigenvalue weighted by atomic mass is 15.1. The van der Waals surface area contributed by atoms with Crippen molar-refractivity contribution >= 4 is 65.3 Å². The molecule has 5 aromatic carbocycles. The van der Waals surface area contributed by atoms with Crippen LogP contribution in [-0.4, -0.2) is 29.5 Å². The van der Waals surface area contributed by atoms with Crippen LogP contribution < -0.4 is 0 Å². The summed E-state index contributed by atoms with van der Waals surface area (Å²) in [4.78, 5) is 24.3. The van der Waals surface area contributed by atoms with Gasteiger partial charge in [0.1, 0.15) is 5.82 Å². The van der Waals surface area contributed by atoms with Crippen molar-refractivity contribution in [3.05, 3.63) is 170 Å². The third kappa shape index (κ3) is 4.70. The smallest absolute Gasteiger partial charge is 0.137 e. The Balaban J connectivity index is 1.03. The minimum absolute atomic E-state index is 0.854. The maximum absolute atomic E-state index is 5.02. The lowest BCUT2D eigenvalue weighted by molar-refractivity contribution is 1.08. The molecule has 0 saturated carbocycles. The summed E-state index contributed by atoms with van der Waals surface area (Å²) in [5.74, 6) is 0.854. The molecule has 0 fully saturated rings. The molecule has 6 heterocycles. The number of rotatable bonds is 4. The van der Waals surface area contributed by atoms with Gasteiger partial charge in [-0.2, -0.15) is 0 Å². The summed E-state index contributed by atoms with van der Waals surface area (Å²) in [6.07, 6.45) is 7.54. The van der Waals surface area contributed by atoms with Gasteiger partial charge < -0.3 is 0 Å². The van der Waals surface area contributed by atoms with Crippen molar-refractivity contribution in [1.82, 2.24) is 29.5 Å². The standard InChI is InChI=1S/C47H28N6/c1-3-10-35-29(7-1)15-21-43-45(35)38-25-31(39-18-14-33(27-50-39)37-26-32-9-5-23-48-46(32)47-36(37)11-6-24-49-47)16-20-42(38)53(43)44-22-17-34(28-51-44)41-19-13-30-8-2-4-12-40(30)52-41/h1-28H. The highest BCUT2D eigenvalue weighted by Gasteiger charge is 2.18. The number of nitrogens with zero attached hydrogens (tertiary/aromatic N) is 6.